The van der Waals surface area contributed by atoms with Crippen LogP contribution < -0.4 is 0 Å². The number of unbranched alkanes of at least 4 members (excludes halogenated alkanes) is 12. The molecule has 244 valence electrons. The van der Waals surface area contributed by atoms with E-state index >= 15 is 0 Å². The van der Waals surface area contributed by atoms with Gasteiger partial charge in [-0.2, -0.15) is 0 Å². The summed E-state index contributed by atoms with van der Waals surface area (Å²) >= 11 is -2.70. The first kappa shape index (κ1) is 40.7. The average molecular weight is 688 g/mol. The van der Waals surface area contributed by atoms with Crippen LogP contribution in [0.3, 0.4) is 0 Å². The summed E-state index contributed by atoms with van der Waals surface area (Å²) in [7, 11) is 0. The predicted octanol–water partition coefficient (Wildman–Crippen LogP) is 11.7. The number of carbonyl (C=O) groups is 2. The summed E-state index contributed by atoms with van der Waals surface area (Å²) in [4.78, 5) is 25.8. The van der Waals surface area contributed by atoms with Gasteiger partial charge in [0, 0.05) is 0 Å². The number of esters is 2. The fraction of sp³-hybridized carbons (Fsp3) is 0.944. The summed E-state index contributed by atoms with van der Waals surface area (Å²) in [6.07, 6.45) is 23.9. The van der Waals surface area contributed by atoms with E-state index in [9.17, 15) is 9.59 Å². The summed E-state index contributed by atoms with van der Waals surface area (Å²) < 4.78 is 16.9. The van der Waals surface area contributed by atoms with Crippen LogP contribution in [0.2, 0.25) is 17.7 Å². The van der Waals surface area contributed by atoms with Gasteiger partial charge in [0.05, 0.1) is 0 Å². The number of carbonyl (C=O) groups excluding carboxylic acids is 2. The Kier molecular flexibility index (Phi) is 28.3. The molecule has 0 aromatic carbocycles. The van der Waals surface area contributed by atoms with Crippen LogP contribution in [-0.4, -0.2) is 43.5 Å². The molecule has 0 fully saturated rings. The summed E-state index contributed by atoms with van der Waals surface area (Å²) in [6.45, 7) is 14.3. The van der Waals surface area contributed by atoms with Gasteiger partial charge in [-0.05, 0) is 0 Å². The minimum atomic E-state index is -2.70. The number of hydrogen-bond donors (Lipinski definition) is 0. The molecule has 0 saturated carbocycles. The van der Waals surface area contributed by atoms with Crippen molar-refractivity contribution in [3.8, 4) is 0 Å². The van der Waals surface area contributed by atoms with Gasteiger partial charge in [0.15, 0.2) is 0 Å². The van der Waals surface area contributed by atoms with E-state index in [4.69, 9.17) is 9.47 Å². The summed E-state index contributed by atoms with van der Waals surface area (Å²) in [5, 5.41) is 0. The van der Waals surface area contributed by atoms with Crippen LogP contribution in [-0.2, 0) is 19.1 Å². The second-order valence-corrected chi connectivity index (χ2v) is 27.1. The Labute approximate surface area is 261 Å². The maximum absolute atomic E-state index is 12.9. The second kappa shape index (κ2) is 28.5. The van der Waals surface area contributed by atoms with Crippen LogP contribution in [0.4, 0.5) is 0 Å². The van der Waals surface area contributed by atoms with E-state index in [-0.39, 0.29) is 23.8 Å². The fourth-order valence-electron chi connectivity index (χ4n) is 6.16. The molecule has 0 rings (SSSR count). The zero-order valence-corrected chi connectivity index (χ0v) is 31.5. The van der Waals surface area contributed by atoms with Gasteiger partial charge in [0.25, 0.3) is 0 Å². The predicted molar refractivity (Wildman–Crippen MR) is 180 cm³/mol. The molecule has 5 heteroatoms. The minimum absolute atomic E-state index is 0.0217. The van der Waals surface area contributed by atoms with Crippen LogP contribution in [0.1, 0.15) is 170 Å². The first-order valence-electron chi connectivity index (χ1n) is 18.3. The van der Waals surface area contributed by atoms with E-state index in [2.05, 4.69) is 41.5 Å². The van der Waals surface area contributed by atoms with Crippen LogP contribution in [0, 0.1) is 11.8 Å². The zero-order valence-electron chi connectivity index (χ0n) is 28.7. The molecule has 0 heterocycles. The Balaban J connectivity index is 5.43. The Morgan fingerprint density at radius 2 is 0.805 bits per heavy atom. The van der Waals surface area contributed by atoms with Crippen LogP contribution in [0.25, 0.3) is 0 Å². The maximum atomic E-state index is 12.9. The van der Waals surface area contributed by atoms with Crippen LogP contribution in [0.15, 0.2) is 0 Å². The third-order valence-electron chi connectivity index (χ3n) is 9.34. The van der Waals surface area contributed by atoms with Crippen molar-refractivity contribution in [2.75, 3.05) is 13.2 Å². The molecular formula is C36H72O4Sn. The van der Waals surface area contributed by atoms with E-state index in [0.717, 1.165) is 60.2 Å². The van der Waals surface area contributed by atoms with Crippen molar-refractivity contribution in [3.63, 3.8) is 0 Å². The molecule has 0 aromatic heterocycles. The van der Waals surface area contributed by atoms with Crippen molar-refractivity contribution in [2.45, 2.75) is 188 Å². The first-order chi connectivity index (χ1) is 19.9. The molecule has 0 aliphatic rings. The molecule has 0 N–H and O–H groups in total. The van der Waals surface area contributed by atoms with Crippen molar-refractivity contribution in [1.29, 1.82) is 0 Å². The normalized spacial score (nSPS) is 13.2. The van der Waals surface area contributed by atoms with Gasteiger partial charge in [0.2, 0.25) is 0 Å². The molecule has 0 spiro atoms. The van der Waals surface area contributed by atoms with E-state index < -0.39 is 18.4 Å². The molecule has 0 aliphatic carbocycles. The Morgan fingerprint density at radius 1 is 0.463 bits per heavy atom. The number of ether oxygens (including phenoxy) is 2. The van der Waals surface area contributed by atoms with Gasteiger partial charge in [-0.25, -0.2) is 0 Å². The molecule has 41 heavy (non-hydrogen) atoms. The van der Waals surface area contributed by atoms with Crippen molar-refractivity contribution in [1.82, 2.24) is 0 Å². The molecule has 0 bridgehead atoms. The summed E-state index contributed by atoms with van der Waals surface area (Å²) in [6, 6.07) is 0. The van der Waals surface area contributed by atoms with E-state index in [0.29, 0.717) is 13.2 Å². The van der Waals surface area contributed by atoms with Gasteiger partial charge in [-0.3, -0.25) is 0 Å². The van der Waals surface area contributed by atoms with E-state index in [1.54, 1.807) is 0 Å². The topological polar surface area (TPSA) is 52.6 Å². The monoisotopic (exact) mass is 688 g/mol. The van der Waals surface area contributed by atoms with Gasteiger partial charge in [0.1, 0.15) is 0 Å². The summed E-state index contributed by atoms with van der Waals surface area (Å²) in [5.74, 6) is 0.139. The third kappa shape index (κ3) is 21.1. The van der Waals surface area contributed by atoms with Crippen molar-refractivity contribution >= 4 is 30.3 Å². The van der Waals surface area contributed by atoms with Crippen LogP contribution in [0.5, 0.6) is 0 Å². The van der Waals surface area contributed by atoms with Crippen LogP contribution >= 0.6 is 0 Å². The Hall–Kier alpha value is -0.261. The van der Waals surface area contributed by atoms with Crippen molar-refractivity contribution < 1.29 is 19.1 Å². The molecule has 0 radical (unpaired) electrons. The SMILES string of the molecule is CCCCCCC[CH2][Sn]([CH2]CCCCCCC)([CH2]COC(=O)C(CC)CCCC)[CH2]COC(=O)C(CC)CCCC. The summed E-state index contributed by atoms with van der Waals surface area (Å²) in [5.41, 5.74) is 0. The van der Waals surface area contributed by atoms with Crippen molar-refractivity contribution in [2.24, 2.45) is 11.8 Å². The number of hydrogen-bond acceptors (Lipinski definition) is 4. The van der Waals surface area contributed by atoms with Gasteiger partial charge in [-0.15, -0.1) is 0 Å². The number of rotatable bonds is 30. The fourth-order valence-corrected chi connectivity index (χ4v) is 19.2. The molecule has 0 aliphatic heterocycles. The molecule has 0 saturated heterocycles. The second-order valence-electron chi connectivity index (χ2n) is 12.9. The molecule has 2 unspecified atom stereocenters. The first-order valence-corrected chi connectivity index (χ1v) is 26.3. The zero-order chi connectivity index (χ0) is 30.6. The van der Waals surface area contributed by atoms with Gasteiger partial charge in [-0.1, -0.05) is 0 Å². The molecule has 2 atom stereocenters. The molecule has 4 nitrogen and oxygen atoms in total. The van der Waals surface area contributed by atoms with Crippen molar-refractivity contribution in [3.05, 3.63) is 0 Å². The molecule has 0 amide bonds. The Morgan fingerprint density at radius 3 is 1.15 bits per heavy atom. The van der Waals surface area contributed by atoms with Gasteiger partial charge < -0.3 is 0 Å². The van der Waals surface area contributed by atoms with E-state index in [1.165, 1.54) is 85.9 Å². The quantitative estimate of drug-likeness (QED) is 0.0428. The van der Waals surface area contributed by atoms with Gasteiger partial charge >= 0.3 is 262 Å². The third-order valence-corrected chi connectivity index (χ3v) is 24.6. The average Bonchev–Trinajstić information content (AvgIpc) is 2.97. The Bertz CT molecular complexity index is 556. The van der Waals surface area contributed by atoms with E-state index in [1.807, 2.05) is 0 Å². The molecule has 0 aromatic rings. The molecular weight excluding hydrogens is 615 g/mol. The standard InChI is InChI=1S/2C10H19O2.2C8H17.Sn/c2*1-4-7-8-9(5-2)10(11)12-6-3;2*1-3-5-7-8-6-4-2;/h2*9H,3-8H2,1-2H3;2*1,3-8H2,2H3;.